The smallest absolute Gasteiger partial charge is 0.250 e. The summed E-state index contributed by atoms with van der Waals surface area (Å²) in [4.78, 5) is 12.7. The molecule has 164 valence electrons. The summed E-state index contributed by atoms with van der Waals surface area (Å²) in [7, 11) is -3.30. The van der Waals surface area contributed by atoms with Gasteiger partial charge >= 0.3 is 0 Å². The Balaban J connectivity index is 3.05. The molecule has 0 aromatic heterocycles. The fourth-order valence-corrected chi connectivity index (χ4v) is 7.53. The Kier molecular flexibility index (Phi) is 9.73. The van der Waals surface area contributed by atoms with Gasteiger partial charge in [0.2, 0.25) is 8.32 Å². The molecule has 0 spiro atoms. The highest BCUT2D eigenvalue weighted by Crippen LogP contribution is 2.43. The van der Waals surface area contributed by atoms with E-state index < -0.39 is 16.4 Å². The number of unbranched alkanes of at least 4 members (excludes halogenated alkanes) is 4. The second kappa shape index (κ2) is 10.6. The normalized spacial score (nSPS) is 24.3. The zero-order valence-electron chi connectivity index (χ0n) is 20.4. The summed E-state index contributed by atoms with van der Waals surface area (Å²) in [6.45, 7) is 21.2. The summed E-state index contributed by atoms with van der Waals surface area (Å²) in [6, 6.07) is 0. The summed E-state index contributed by atoms with van der Waals surface area (Å²) in [5, 5.41) is 0.188. The first-order chi connectivity index (χ1) is 12.8. The number of rotatable bonds is 9. The van der Waals surface area contributed by atoms with Crippen molar-refractivity contribution in [2.45, 2.75) is 129 Å². The van der Waals surface area contributed by atoms with E-state index in [9.17, 15) is 4.79 Å². The molecule has 1 aliphatic carbocycles. The average Bonchev–Trinajstić information content (AvgIpc) is 2.52. The van der Waals surface area contributed by atoms with Crippen molar-refractivity contribution in [3.8, 4) is 0 Å². The number of hydrogen-bond acceptors (Lipinski definition) is 2. The van der Waals surface area contributed by atoms with Crippen molar-refractivity contribution >= 4 is 22.2 Å². The molecule has 2 atom stereocenters. The monoisotopic (exact) mass is 424 g/mol. The highest BCUT2D eigenvalue weighted by molar-refractivity contribution is 6.78. The fraction of sp³-hybridized carbons (Fsp3) is 0.875. The lowest BCUT2D eigenvalue weighted by Gasteiger charge is -2.40. The minimum absolute atomic E-state index is 0.188. The molecule has 0 saturated carbocycles. The molecule has 0 saturated heterocycles. The number of allylic oxidation sites excluding steroid dienone is 2. The van der Waals surface area contributed by atoms with E-state index in [1.807, 2.05) is 0 Å². The fourth-order valence-electron chi connectivity index (χ4n) is 4.02. The van der Waals surface area contributed by atoms with E-state index in [1.165, 1.54) is 38.5 Å². The second-order valence-electron chi connectivity index (χ2n) is 11.6. The zero-order valence-corrected chi connectivity index (χ0v) is 22.4. The van der Waals surface area contributed by atoms with Crippen molar-refractivity contribution in [1.29, 1.82) is 0 Å². The highest BCUT2D eigenvalue weighted by atomic mass is 28.4. The van der Waals surface area contributed by atoms with Gasteiger partial charge < -0.3 is 4.43 Å². The third kappa shape index (κ3) is 8.18. The van der Waals surface area contributed by atoms with Crippen LogP contribution < -0.4 is 0 Å². The summed E-state index contributed by atoms with van der Waals surface area (Å²) in [5.41, 5.74) is 0.544. The van der Waals surface area contributed by atoms with E-state index >= 15 is 0 Å². The number of carbonyl (C=O) groups is 1. The maximum Gasteiger partial charge on any atom is 0.250 e. The molecule has 0 aliphatic heterocycles. The minimum Gasteiger partial charge on any atom is -0.547 e. The Morgan fingerprint density at radius 2 is 1.61 bits per heavy atom. The van der Waals surface area contributed by atoms with Crippen LogP contribution in [0.2, 0.25) is 43.3 Å². The van der Waals surface area contributed by atoms with Gasteiger partial charge in [0.25, 0.3) is 0 Å². The predicted octanol–water partition coefficient (Wildman–Crippen LogP) is 8.33. The zero-order chi connectivity index (χ0) is 21.6. The number of carbonyl (C=O) groups excluding carboxylic acids is 1. The molecule has 0 fully saturated rings. The van der Waals surface area contributed by atoms with Crippen molar-refractivity contribution in [3.05, 3.63) is 11.8 Å². The predicted molar refractivity (Wildman–Crippen MR) is 129 cm³/mol. The Labute approximate surface area is 178 Å². The topological polar surface area (TPSA) is 26.3 Å². The average molecular weight is 425 g/mol. The summed E-state index contributed by atoms with van der Waals surface area (Å²) in [5.74, 6) is 2.09. The first-order valence-electron chi connectivity index (χ1n) is 11.7. The molecule has 0 N–H and O–H groups in total. The third-order valence-electron chi connectivity index (χ3n) is 6.88. The van der Waals surface area contributed by atoms with Gasteiger partial charge in [-0.1, -0.05) is 79.4 Å². The van der Waals surface area contributed by atoms with E-state index in [2.05, 4.69) is 66.5 Å². The molecular weight excluding hydrogens is 376 g/mol. The molecule has 28 heavy (non-hydrogen) atoms. The van der Waals surface area contributed by atoms with Crippen molar-refractivity contribution in [1.82, 2.24) is 0 Å². The Bertz CT molecular complexity index is 524. The lowest BCUT2D eigenvalue weighted by molar-refractivity contribution is -0.120. The van der Waals surface area contributed by atoms with Gasteiger partial charge in [-0.05, 0) is 42.1 Å². The SMILES string of the molecule is CCCCCCC[C@@H]1CC(=O)CC/C(O[Si](C)(C)C(C)(C)C)=C\[C@@H]1[Si](C)(C)C. The van der Waals surface area contributed by atoms with Crippen LogP contribution >= 0.6 is 0 Å². The van der Waals surface area contributed by atoms with Gasteiger partial charge in [-0.15, -0.1) is 0 Å². The van der Waals surface area contributed by atoms with Crippen LogP contribution in [0.15, 0.2) is 11.8 Å². The van der Waals surface area contributed by atoms with Gasteiger partial charge in [0.1, 0.15) is 5.78 Å². The number of ketones is 1. The molecule has 1 aliphatic rings. The van der Waals surface area contributed by atoms with Gasteiger partial charge in [-0.25, -0.2) is 0 Å². The van der Waals surface area contributed by atoms with Crippen LogP contribution in [0.5, 0.6) is 0 Å². The van der Waals surface area contributed by atoms with E-state index in [-0.39, 0.29) is 5.04 Å². The van der Waals surface area contributed by atoms with E-state index in [0.717, 1.165) is 18.6 Å². The standard InChI is InChI=1S/C24H48O2Si2/c1-10-11-12-13-14-15-20-18-21(25)16-17-22(19-23(20)27(5,6)7)26-28(8,9)24(2,3)4/h19-20,23H,10-18H2,1-9H3/b22-19+/t20-,23+/m1/s1. The van der Waals surface area contributed by atoms with Crippen molar-refractivity contribution in [2.75, 3.05) is 0 Å². The van der Waals surface area contributed by atoms with Gasteiger partial charge in [-0.2, -0.15) is 0 Å². The minimum atomic E-state index is -1.87. The molecule has 0 bridgehead atoms. The van der Waals surface area contributed by atoms with Gasteiger partial charge in [-0.3, -0.25) is 4.79 Å². The molecule has 0 amide bonds. The summed E-state index contributed by atoms with van der Waals surface area (Å²) >= 11 is 0. The largest absolute Gasteiger partial charge is 0.547 e. The molecule has 4 heteroatoms. The molecule has 1 rings (SSSR count). The molecule has 2 nitrogen and oxygen atoms in total. The van der Waals surface area contributed by atoms with Crippen LogP contribution in [0.25, 0.3) is 0 Å². The van der Waals surface area contributed by atoms with Crippen LogP contribution in [0, 0.1) is 5.92 Å². The number of hydrogen-bond donors (Lipinski definition) is 0. The first-order valence-corrected chi connectivity index (χ1v) is 18.2. The van der Waals surface area contributed by atoms with E-state index in [4.69, 9.17) is 4.43 Å². The van der Waals surface area contributed by atoms with Gasteiger partial charge in [0.05, 0.1) is 13.8 Å². The number of Topliss-reactive ketones (excluding diaryl/α,β-unsaturated/α-hetero) is 1. The van der Waals surface area contributed by atoms with Crippen LogP contribution in [0.3, 0.4) is 0 Å². The maximum absolute atomic E-state index is 12.7. The summed E-state index contributed by atoms with van der Waals surface area (Å²) < 4.78 is 6.73. The summed E-state index contributed by atoms with van der Waals surface area (Å²) in [6.07, 6.45) is 12.5. The quantitative estimate of drug-likeness (QED) is 0.274. The Hall–Kier alpha value is -0.356. The molecule has 0 aromatic rings. The lowest BCUT2D eigenvalue weighted by Crippen LogP contribution is -2.41. The van der Waals surface area contributed by atoms with Crippen LogP contribution in [-0.2, 0) is 9.22 Å². The molecule has 0 aromatic carbocycles. The third-order valence-corrected chi connectivity index (χ3v) is 13.9. The Morgan fingerprint density at radius 1 is 1.00 bits per heavy atom. The first kappa shape index (κ1) is 25.7. The second-order valence-corrected chi connectivity index (χ2v) is 21.7. The molecule has 0 heterocycles. The maximum atomic E-state index is 12.7. The van der Waals surface area contributed by atoms with Crippen LogP contribution in [-0.4, -0.2) is 22.2 Å². The van der Waals surface area contributed by atoms with Crippen LogP contribution in [0.1, 0.15) is 85.5 Å². The lowest BCUT2D eigenvalue weighted by atomic mass is 9.88. The van der Waals surface area contributed by atoms with E-state index in [0.29, 0.717) is 23.7 Å². The van der Waals surface area contributed by atoms with Gasteiger partial charge in [0.15, 0.2) is 0 Å². The highest BCUT2D eigenvalue weighted by Gasteiger charge is 2.41. The van der Waals surface area contributed by atoms with Crippen molar-refractivity contribution in [2.24, 2.45) is 5.92 Å². The van der Waals surface area contributed by atoms with E-state index in [1.54, 1.807) is 0 Å². The molecule has 0 unspecified atom stereocenters. The Morgan fingerprint density at radius 3 is 2.14 bits per heavy atom. The van der Waals surface area contributed by atoms with Crippen LogP contribution in [0.4, 0.5) is 0 Å². The van der Waals surface area contributed by atoms with Crippen molar-refractivity contribution in [3.63, 3.8) is 0 Å². The van der Waals surface area contributed by atoms with Gasteiger partial charge in [0, 0.05) is 19.3 Å². The molecule has 0 radical (unpaired) electrons. The van der Waals surface area contributed by atoms with Crippen molar-refractivity contribution < 1.29 is 9.22 Å². The molecular formula is C24H48O2Si2.